The van der Waals surface area contributed by atoms with Crippen LogP contribution in [0.3, 0.4) is 0 Å². The standard InChI is InChI=1S/C19H23BrO/c1-18-9-7-13(20)11-12(18)3-4-14-15-5-6-17(21)19(15,2)10-8-16(14)18/h3,7,9,11,14-16H,4-6,8,10H2,1-2H3/t14-,15-,16-,18-,19-/m0/s1. The van der Waals surface area contributed by atoms with E-state index in [9.17, 15) is 4.79 Å². The molecule has 0 N–H and O–H groups in total. The molecule has 0 aromatic carbocycles. The third kappa shape index (κ3) is 1.78. The summed E-state index contributed by atoms with van der Waals surface area (Å²) in [6.45, 7) is 4.65. The molecule has 1 nitrogen and oxygen atoms in total. The van der Waals surface area contributed by atoms with Crippen molar-refractivity contribution in [1.82, 2.24) is 0 Å². The topological polar surface area (TPSA) is 17.1 Å². The highest BCUT2D eigenvalue weighted by molar-refractivity contribution is 9.11. The number of halogens is 1. The van der Waals surface area contributed by atoms with Crippen LogP contribution in [0.2, 0.25) is 0 Å². The lowest BCUT2D eigenvalue weighted by atomic mass is 9.50. The number of allylic oxidation sites excluding steroid dienone is 6. The lowest BCUT2D eigenvalue weighted by Crippen LogP contribution is -2.48. The van der Waals surface area contributed by atoms with E-state index in [1.54, 1.807) is 0 Å². The quantitative estimate of drug-likeness (QED) is 0.590. The smallest absolute Gasteiger partial charge is 0.139 e. The van der Waals surface area contributed by atoms with Crippen molar-refractivity contribution in [3.63, 3.8) is 0 Å². The van der Waals surface area contributed by atoms with Crippen molar-refractivity contribution in [2.24, 2.45) is 28.6 Å². The molecule has 0 unspecified atom stereocenters. The highest BCUT2D eigenvalue weighted by Crippen LogP contribution is 2.62. The summed E-state index contributed by atoms with van der Waals surface area (Å²) in [7, 11) is 0. The van der Waals surface area contributed by atoms with E-state index in [-0.39, 0.29) is 10.8 Å². The Balaban J connectivity index is 1.75. The normalized spacial score (nSPS) is 48.1. The summed E-state index contributed by atoms with van der Waals surface area (Å²) in [4.78, 5) is 12.4. The van der Waals surface area contributed by atoms with Gasteiger partial charge in [-0.15, -0.1) is 0 Å². The SMILES string of the molecule is C[C@]12C=CC(Br)=CC1=CC[C@@H]1[C@@H]2CC[C@]2(C)C(=O)CC[C@@H]12. The van der Waals surface area contributed by atoms with Crippen LogP contribution in [0.25, 0.3) is 0 Å². The molecule has 0 spiro atoms. The predicted octanol–water partition coefficient (Wildman–Crippen LogP) is 5.18. The maximum absolute atomic E-state index is 12.4. The van der Waals surface area contributed by atoms with Crippen LogP contribution in [0.15, 0.2) is 34.4 Å². The Morgan fingerprint density at radius 3 is 2.86 bits per heavy atom. The molecule has 4 aliphatic rings. The van der Waals surface area contributed by atoms with Crippen molar-refractivity contribution in [2.75, 3.05) is 0 Å². The number of ketones is 1. The molecule has 0 aromatic heterocycles. The second-order valence-electron chi connectivity index (χ2n) is 7.84. The largest absolute Gasteiger partial charge is 0.299 e. The lowest BCUT2D eigenvalue weighted by Gasteiger charge is -2.54. The maximum Gasteiger partial charge on any atom is 0.139 e. The second-order valence-corrected chi connectivity index (χ2v) is 8.75. The predicted molar refractivity (Wildman–Crippen MR) is 89.0 cm³/mol. The molecular weight excluding hydrogens is 324 g/mol. The average molecular weight is 347 g/mol. The molecular formula is C19H23BrO. The van der Waals surface area contributed by atoms with Crippen molar-refractivity contribution < 1.29 is 4.79 Å². The summed E-state index contributed by atoms with van der Waals surface area (Å²) < 4.78 is 1.18. The molecule has 4 aliphatic carbocycles. The molecule has 0 saturated heterocycles. The van der Waals surface area contributed by atoms with Crippen LogP contribution in [0.4, 0.5) is 0 Å². The van der Waals surface area contributed by atoms with Crippen molar-refractivity contribution in [3.05, 3.63) is 34.4 Å². The molecule has 2 fully saturated rings. The summed E-state index contributed by atoms with van der Waals surface area (Å²) in [5.41, 5.74) is 1.64. The van der Waals surface area contributed by atoms with E-state index in [2.05, 4.69) is 54.1 Å². The van der Waals surface area contributed by atoms with E-state index in [0.717, 1.165) is 25.7 Å². The maximum atomic E-state index is 12.4. The zero-order valence-corrected chi connectivity index (χ0v) is 14.4. The highest BCUT2D eigenvalue weighted by atomic mass is 79.9. The third-order valence-corrected chi connectivity index (χ3v) is 7.52. The Labute approximate surface area is 135 Å². The van der Waals surface area contributed by atoms with Crippen molar-refractivity contribution >= 4 is 21.7 Å². The third-order valence-electron chi connectivity index (χ3n) is 7.03. The summed E-state index contributed by atoms with van der Waals surface area (Å²) in [5, 5.41) is 0. The fourth-order valence-corrected chi connectivity index (χ4v) is 6.09. The van der Waals surface area contributed by atoms with E-state index in [1.807, 2.05) is 0 Å². The first-order chi connectivity index (χ1) is 9.95. The van der Waals surface area contributed by atoms with Gasteiger partial charge in [-0.3, -0.25) is 4.79 Å². The summed E-state index contributed by atoms with van der Waals surface area (Å²) in [6.07, 6.45) is 14.8. The minimum absolute atomic E-state index is 0.0162. The van der Waals surface area contributed by atoms with Gasteiger partial charge in [-0.2, -0.15) is 0 Å². The van der Waals surface area contributed by atoms with Crippen LogP contribution in [-0.4, -0.2) is 5.78 Å². The van der Waals surface area contributed by atoms with Gasteiger partial charge in [-0.1, -0.05) is 48.0 Å². The summed E-state index contributed by atoms with van der Waals surface area (Å²) in [5.74, 6) is 2.54. The zero-order valence-electron chi connectivity index (χ0n) is 12.9. The van der Waals surface area contributed by atoms with Crippen LogP contribution < -0.4 is 0 Å². The second kappa shape index (κ2) is 4.44. The number of carbonyl (C=O) groups excluding carboxylic acids is 1. The van der Waals surface area contributed by atoms with Crippen LogP contribution in [0.1, 0.15) is 46.0 Å². The van der Waals surface area contributed by atoms with Gasteiger partial charge >= 0.3 is 0 Å². The van der Waals surface area contributed by atoms with Crippen molar-refractivity contribution in [2.45, 2.75) is 46.0 Å². The average Bonchev–Trinajstić information content (AvgIpc) is 2.76. The first-order valence-corrected chi connectivity index (χ1v) is 9.05. The molecule has 2 heteroatoms. The van der Waals surface area contributed by atoms with Gasteiger partial charge in [-0.25, -0.2) is 0 Å². The van der Waals surface area contributed by atoms with E-state index >= 15 is 0 Å². The molecule has 0 aromatic rings. The highest BCUT2D eigenvalue weighted by Gasteiger charge is 2.57. The number of hydrogen-bond acceptors (Lipinski definition) is 1. The van der Waals surface area contributed by atoms with E-state index in [4.69, 9.17) is 0 Å². The summed E-state index contributed by atoms with van der Waals surface area (Å²) >= 11 is 3.61. The molecule has 0 bridgehead atoms. The molecule has 21 heavy (non-hydrogen) atoms. The molecule has 2 saturated carbocycles. The lowest BCUT2D eigenvalue weighted by molar-refractivity contribution is -0.131. The van der Waals surface area contributed by atoms with E-state index in [0.29, 0.717) is 23.5 Å². The zero-order chi connectivity index (χ0) is 14.8. The van der Waals surface area contributed by atoms with Crippen LogP contribution in [0.5, 0.6) is 0 Å². The van der Waals surface area contributed by atoms with Gasteiger partial charge < -0.3 is 0 Å². The molecule has 0 amide bonds. The van der Waals surface area contributed by atoms with Gasteiger partial charge in [0, 0.05) is 21.7 Å². The Bertz CT molecular complexity index is 599. The summed E-state index contributed by atoms with van der Waals surface area (Å²) in [6, 6.07) is 0. The van der Waals surface area contributed by atoms with Crippen LogP contribution in [-0.2, 0) is 4.79 Å². The first-order valence-electron chi connectivity index (χ1n) is 8.25. The fourth-order valence-electron chi connectivity index (χ4n) is 5.71. The Morgan fingerprint density at radius 1 is 1.24 bits per heavy atom. The van der Waals surface area contributed by atoms with Gasteiger partial charge in [0.15, 0.2) is 0 Å². The van der Waals surface area contributed by atoms with Crippen LogP contribution >= 0.6 is 15.9 Å². The van der Waals surface area contributed by atoms with Gasteiger partial charge in [0.25, 0.3) is 0 Å². The van der Waals surface area contributed by atoms with Gasteiger partial charge in [0.05, 0.1) is 0 Å². The monoisotopic (exact) mass is 346 g/mol. The molecule has 0 aliphatic heterocycles. The van der Waals surface area contributed by atoms with Gasteiger partial charge in [-0.05, 0) is 55.1 Å². The molecule has 112 valence electrons. The molecule has 4 rings (SSSR count). The van der Waals surface area contributed by atoms with E-state index < -0.39 is 0 Å². The number of carbonyl (C=O) groups is 1. The molecule has 0 radical (unpaired) electrons. The van der Waals surface area contributed by atoms with Gasteiger partial charge in [0.2, 0.25) is 0 Å². The Kier molecular flexibility index (Phi) is 2.96. The molecule has 5 atom stereocenters. The Hall–Kier alpha value is -0.630. The van der Waals surface area contributed by atoms with Gasteiger partial charge in [0.1, 0.15) is 5.78 Å². The van der Waals surface area contributed by atoms with Crippen LogP contribution in [0, 0.1) is 28.6 Å². The van der Waals surface area contributed by atoms with Crippen molar-refractivity contribution in [3.8, 4) is 0 Å². The van der Waals surface area contributed by atoms with E-state index in [1.165, 1.54) is 16.5 Å². The Morgan fingerprint density at radius 2 is 2.05 bits per heavy atom. The van der Waals surface area contributed by atoms with Crippen molar-refractivity contribution in [1.29, 1.82) is 0 Å². The number of fused-ring (bicyclic) bond motifs is 5. The number of Topliss-reactive ketones (excluding diaryl/α,β-unsaturated/α-hetero) is 1. The molecule has 0 heterocycles. The minimum atomic E-state index is -0.0162. The minimum Gasteiger partial charge on any atom is -0.299 e. The first kappa shape index (κ1) is 14.0. The number of rotatable bonds is 0. The fraction of sp³-hybridized carbons (Fsp3) is 0.632. The number of hydrogen-bond donors (Lipinski definition) is 0.